The van der Waals surface area contributed by atoms with Crippen LogP contribution in [0.1, 0.15) is 27.2 Å². The molecule has 0 aromatic rings. The Hall–Kier alpha value is -0.186. The standard InChI is InChI=1S/C13H30O5Si2/c1-10-13(17-11-12(2)3,18-19(7,8)9)20(14-4,15-5)16-6/h11H,10H2,1-9H3. The zero-order valence-corrected chi connectivity index (χ0v) is 16.3. The normalized spacial score (nSPS) is 15.7. The highest BCUT2D eigenvalue weighted by Gasteiger charge is 2.64. The highest BCUT2D eigenvalue weighted by Crippen LogP contribution is 2.35. The Morgan fingerprint density at radius 1 is 1.00 bits per heavy atom. The second kappa shape index (κ2) is 7.72. The largest absolute Gasteiger partial charge is 0.575 e. The molecule has 0 aliphatic heterocycles. The quantitative estimate of drug-likeness (QED) is 0.370. The van der Waals surface area contributed by atoms with E-state index in [4.69, 9.17) is 22.4 Å². The molecule has 0 aromatic carbocycles. The van der Waals surface area contributed by atoms with E-state index in [0.29, 0.717) is 6.42 Å². The van der Waals surface area contributed by atoms with Gasteiger partial charge in [0.25, 0.3) is 5.41 Å². The van der Waals surface area contributed by atoms with Gasteiger partial charge in [-0.25, -0.2) is 0 Å². The van der Waals surface area contributed by atoms with Gasteiger partial charge in [-0.15, -0.1) is 0 Å². The molecule has 0 bridgehead atoms. The van der Waals surface area contributed by atoms with E-state index in [-0.39, 0.29) is 0 Å². The van der Waals surface area contributed by atoms with Crippen LogP contribution in [0.2, 0.25) is 19.6 Å². The maximum Gasteiger partial charge on any atom is 0.575 e. The third-order valence-corrected chi connectivity index (χ3v) is 6.96. The second-order valence-electron chi connectivity index (χ2n) is 5.80. The Kier molecular flexibility index (Phi) is 7.65. The average Bonchev–Trinajstić information content (AvgIpc) is 2.36. The van der Waals surface area contributed by atoms with E-state index in [0.717, 1.165) is 5.57 Å². The van der Waals surface area contributed by atoms with Crippen molar-refractivity contribution in [2.24, 2.45) is 0 Å². The zero-order valence-electron chi connectivity index (χ0n) is 14.3. The van der Waals surface area contributed by atoms with Crippen molar-refractivity contribution in [2.45, 2.75) is 52.2 Å². The molecule has 0 N–H and O–H groups in total. The maximum atomic E-state index is 6.32. The molecule has 0 radical (unpaired) electrons. The summed E-state index contributed by atoms with van der Waals surface area (Å²) in [5, 5.41) is 0. The average molecular weight is 323 g/mol. The minimum absolute atomic E-state index is 0.572. The van der Waals surface area contributed by atoms with Gasteiger partial charge < -0.3 is 22.4 Å². The van der Waals surface area contributed by atoms with E-state index in [1.54, 1.807) is 27.6 Å². The summed E-state index contributed by atoms with van der Waals surface area (Å²) in [4.78, 5) is 0. The Balaban J connectivity index is 5.78. The number of hydrogen-bond donors (Lipinski definition) is 0. The lowest BCUT2D eigenvalue weighted by atomic mass is 10.4. The van der Waals surface area contributed by atoms with Gasteiger partial charge in [-0.3, -0.25) is 0 Å². The van der Waals surface area contributed by atoms with Crippen molar-refractivity contribution in [3.63, 3.8) is 0 Å². The number of allylic oxidation sites excluding steroid dienone is 1. The molecule has 20 heavy (non-hydrogen) atoms. The molecule has 0 fully saturated rings. The molecule has 1 atom stereocenters. The van der Waals surface area contributed by atoms with Gasteiger partial charge in [0.1, 0.15) is 0 Å². The van der Waals surface area contributed by atoms with Crippen molar-refractivity contribution in [3.8, 4) is 0 Å². The van der Waals surface area contributed by atoms with Crippen LogP contribution in [0, 0.1) is 0 Å². The lowest BCUT2D eigenvalue weighted by molar-refractivity contribution is -0.144. The van der Waals surface area contributed by atoms with Gasteiger partial charge in [-0.1, -0.05) is 6.92 Å². The third-order valence-electron chi connectivity index (χ3n) is 2.69. The fourth-order valence-corrected chi connectivity index (χ4v) is 6.62. The summed E-state index contributed by atoms with van der Waals surface area (Å²) in [6.07, 6.45) is 2.26. The van der Waals surface area contributed by atoms with Crippen molar-refractivity contribution in [1.29, 1.82) is 0 Å². The smallest absolute Gasteiger partial charge is 0.466 e. The first-order valence-electron chi connectivity index (χ1n) is 6.78. The van der Waals surface area contributed by atoms with Crippen LogP contribution in [-0.4, -0.2) is 43.9 Å². The summed E-state index contributed by atoms with van der Waals surface area (Å²) < 4.78 is 29.1. The lowest BCUT2D eigenvalue weighted by Gasteiger charge is -2.44. The van der Waals surface area contributed by atoms with Crippen LogP contribution < -0.4 is 0 Å². The van der Waals surface area contributed by atoms with Crippen LogP contribution in [-0.2, 0) is 22.4 Å². The van der Waals surface area contributed by atoms with Crippen LogP contribution in [0.25, 0.3) is 0 Å². The van der Waals surface area contributed by atoms with E-state index in [1.165, 1.54) is 0 Å². The van der Waals surface area contributed by atoms with Crippen molar-refractivity contribution in [2.75, 3.05) is 21.3 Å². The molecule has 5 nitrogen and oxygen atoms in total. The van der Waals surface area contributed by atoms with E-state index >= 15 is 0 Å². The molecular formula is C13H30O5Si2. The molecule has 0 saturated heterocycles. The molecule has 0 aromatic heterocycles. The van der Waals surface area contributed by atoms with Crippen molar-refractivity contribution < 1.29 is 22.4 Å². The Morgan fingerprint density at radius 2 is 1.45 bits per heavy atom. The van der Waals surface area contributed by atoms with Gasteiger partial charge in [-0.2, -0.15) is 0 Å². The van der Waals surface area contributed by atoms with Crippen LogP contribution in [0.4, 0.5) is 0 Å². The van der Waals surface area contributed by atoms with Crippen LogP contribution in [0.5, 0.6) is 0 Å². The van der Waals surface area contributed by atoms with Crippen LogP contribution in [0.15, 0.2) is 11.8 Å². The molecule has 120 valence electrons. The van der Waals surface area contributed by atoms with Crippen LogP contribution in [0.3, 0.4) is 0 Å². The fraction of sp³-hybridized carbons (Fsp3) is 0.846. The molecule has 0 rings (SSSR count). The molecule has 0 heterocycles. The van der Waals surface area contributed by atoms with E-state index < -0.39 is 22.5 Å². The van der Waals surface area contributed by atoms with Gasteiger partial charge in [0, 0.05) is 27.8 Å². The van der Waals surface area contributed by atoms with E-state index in [2.05, 4.69) is 19.6 Å². The number of rotatable bonds is 9. The Morgan fingerprint density at radius 3 is 1.70 bits per heavy atom. The van der Waals surface area contributed by atoms with Gasteiger partial charge in [0.15, 0.2) is 8.32 Å². The molecular weight excluding hydrogens is 292 g/mol. The van der Waals surface area contributed by atoms with E-state index in [1.807, 2.05) is 20.8 Å². The van der Waals surface area contributed by atoms with Gasteiger partial charge in [-0.05, 0) is 39.1 Å². The first-order valence-corrected chi connectivity index (χ1v) is 11.9. The van der Waals surface area contributed by atoms with E-state index in [9.17, 15) is 0 Å². The monoisotopic (exact) mass is 322 g/mol. The fourth-order valence-electron chi connectivity index (χ4n) is 1.95. The highest BCUT2D eigenvalue weighted by atomic mass is 28.4. The molecule has 7 heteroatoms. The van der Waals surface area contributed by atoms with Crippen molar-refractivity contribution in [1.82, 2.24) is 0 Å². The zero-order chi connectivity index (χ0) is 16.0. The molecule has 0 saturated carbocycles. The molecule has 0 aliphatic carbocycles. The topological polar surface area (TPSA) is 46.2 Å². The second-order valence-corrected chi connectivity index (χ2v) is 13.3. The van der Waals surface area contributed by atoms with Gasteiger partial charge >= 0.3 is 8.80 Å². The summed E-state index contributed by atoms with van der Waals surface area (Å²) >= 11 is 0. The minimum Gasteiger partial charge on any atom is -0.466 e. The Bertz CT molecular complexity index is 311. The molecule has 1 unspecified atom stereocenters. The number of ether oxygens (including phenoxy) is 1. The maximum absolute atomic E-state index is 6.32. The first-order chi connectivity index (χ1) is 9.12. The summed E-state index contributed by atoms with van der Waals surface area (Å²) in [5.41, 5.74) is 0.0145. The Labute approximate surface area is 125 Å². The van der Waals surface area contributed by atoms with Crippen molar-refractivity contribution in [3.05, 3.63) is 11.8 Å². The predicted octanol–water partition coefficient (Wildman–Crippen LogP) is 3.30. The van der Waals surface area contributed by atoms with Crippen LogP contribution >= 0.6 is 0 Å². The highest BCUT2D eigenvalue weighted by molar-refractivity contribution is 6.72. The predicted molar refractivity (Wildman–Crippen MR) is 84.8 cm³/mol. The number of hydrogen-bond acceptors (Lipinski definition) is 5. The minimum atomic E-state index is -3.13. The van der Waals surface area contributed by atoms with Crippen molar-refractivity contribution >= 4 is 17.1 Å². The first kappa shape index (κ1) is 19.8. The molecule has 0 amide bonds. The van der Waals surface area contributed by atoms with Gasteiger partial charge in [0.2, 0.25) is 0 Å². The molecule has 0 aliphatic rings. The van der Waals surface area contributed by atoms with Gasteiger partial charge in [0.05, 0.1) is 6.26 Å². The lowest BCUT2D eigenvalue weighted by Crippen LogP contribution is -2.68. The summed E-state index contributed by atoms with van der Waals surface area (Å²) in [5.74, 6) is 0. The SMILES string of the molecule is CCC(OC=C(C)C)(O[Si](C)(C)C)[Si](OC)(OC)OC. The summed E-state index contributed by atoms with van der Waals surface area (Å²) in [6, 6.07) is 0. The third kappa shape index (κ3) is 4.68. The molecule has 0 spiro atoms. The summed E-state index contributed by atoms with van der Waals surface area (Å²) in [7, 11) is -0.314. The summed E-state index contributed by atoms with van der Waals surface area (Å²) in [6.45, 7) is 12.2.